The highest BCUT2D eigenvalue weighted by atomic mass is 79.9. The Morgan fingerprint density at radius 1 is 1.07 bits per heavy atom. The van der Waals surface area contributed by atoms with E-state index >= 15 is 0 Å². The zero-order valence-electron chi connectivity index (χ0n) is 16.0. The second-order valence-electron chi connectivity index (χ2n) is 7.40. The van der Waals surface area contributed by atoms with Crippen molar-refractivity contribution in [3.05, 3.63) is 64.5 Å². The van der Waals surface area contributed by atoms with Crippen molar-refractivity contribution in [2.45, 2.75) is 19.3 Å². The van der Waals surface area contributed by atoms with Crippen LogP contribution in [0.1, 0.15) is 28.9 Å². The van der Waals surface area contributed by atoms with Gasteiger partial charge in [-0.3, -0.25) is 14.9 Å². The van der Waals surface area contributed by atoms with Gasteiger partial charge in [0.25, 0.3) is 5.91 Å². The SMILES string of the molecule is O=C(Nc1ncc2c(n1)-c1ccccc1N(C(=O)c1cccc(Br)n1)CC2)C1CC1. The molecule has 1 aliphatic heterocycles. The van der Waals surface area contributed by atoms with Crippen LogP contribution in [0, 0.1) is 5.92 Å². The number of nitrogens with zero attached hydrogens (tertiary/aromatic N) is 4. The van der Waals surface area contributed by atoms with Crippen molar-refractivity contribution in [2.75, 3.05) is 16.8 Å². The van der Waals surface area contributed by atoms with Crippen LogP contribution >= 0.6 is 15.9 Å². The fraction of sp³-hybridized carbons (Fsp3) is 0.227. The Labute approximate surface area is 181 Å². The number of nitrogens with one attached hydrogen (secondary N) is 1. The predicted molar refractivity (Wildman–Crippen MR) is 116 cm³/mol. The highest BCUT2D eigenvalue weighted by Crippen LogP contribution is 2.36. The predicted octanol–water partition coefficient (Wildman–Crippen LogP) is 3.85. The van der Waals surface area contributed by atoms with E-state index in [4.69, 9.17) is 0 Å². The van der Waals surface area contributed by atoms with E-state index < -0.39 is 0 Å². The first-order chi connectivity index (χ1) is 14.6. The maximum atomic E-state index is 13.3. The number of hydrogen-bond acceptors (Lipinski definition) is 5. The maximum absolute atomic E-state index is 13.3. The highest BCUT2D eigenvalue weighted by molar-refractivity contribution is 9.10. The zero-order chi connectivity index (χ0) is 20.7. The molecule has 2 aliphatic rings. The summed E-state index contributed by atoms with van der Waals surface area (Å²) in [6.07, 6.45) is 4.17. The molecule has 3 heterocycles. The van der Waals surface area contributed by atoms with Gasteiger partial charge in [0.15, 0.2) is 0 Å². The van der Waals surface area contributed by atoms with Crippen molar-refractivity contribution in [1.82, 2.24) is 15.0 Å². The molecule has 1 aromatic carbocycles. The quantitative estimate of drug-likeness (QED) is 0.595. The number of rotatable bonds is 3. The van der Waals surface area contributed by atoms with Crippen LogP contribution in [0.4, 0.5) is 11.6 Å². The van der Waals surface area contributed by atoms with E-state index in [2.05, 4.69) is 36.2 Å². The van der Waals surface area contributed by atoms with Crippen molar-refractivity contribution in [3.8, 4) is 11.3 Å². The molecular formula is C22H18BrN5O2. The second-order valence-corrected chi connectivity index (χ2v) is 8.21. The average molecular weight is 464 g/mol. The van der Waals surface area contributed by atoms with Crippen molar-refractivity contribution in [1.29, 1.82) is 0 Å². The van der Waals surface area contributed by atoms with Gasteiger partial charge in [-0.2, -0.15) is 0 Å². The van der Waals surface area contributed by atoms with Crippen LogP contribution in [-0.4, -0.2) is 33.3 Å². The summed E-state index contributed by atoms with van der Waals surface area (Å²) in [5.74, 6) is 0.167. The summed E-state index contributed by atoms with van der Waals surface area (Å²) >= 11 is 3.33. The molecule has 8 heteroatoms. The van der Waals surface area contributed by atoms with E-state index in [-0.39, 0.29) is 17.7 Å². The van der Waals surface area contributed by atoms with Crippen LogP contribution in [-0.2, 0) is 11.2 Å². The molecule has 2 aromatic heterocycles. The third kappa shape index (κ3) is 3.59. The molecule has 0 atom stereocenters. The van der Waals surface area contributed by atoms with Gasteiger partial charge in [-0.15, -0.1) is 0 Å². The number of halogens is 1. The van der Waals surface area contributed by atoms with Crippen LogP contribution in [0.25, 0.3) is 11.3 Å². The Balaban J connectivity index is 1.53. The smallest absolute Gasteiger partial charge is 0.276 e. The molecule has 1 aliphatic carbocycles. The molecule has 0 radical (unpaired) electrons. The minimum atomic E-state index is -0.174. The van der Waals surface area contributed by atoms with Gasteiger partial charge in [0, 0.05) is 24.2 Å². The van der Waals surface area contributed by atoms with Crippen molar-refractivity contribution in [2.24, 2.45) is 5.92 Å². The molecule has 0 saturated heterocycles. The van der Waals surface area contributed by atoms with E-state index in [1.165, 1.54) is 0 Å². The van der Waals surface area contributed by atoms with Crippen LogP contribution in [0.2, 0.25) is 0 Å². The lowest BCUT2D eigenvalue weighted by molar-refractivity contribution is -0.117. The molecule has 30 heavy (non-hydrogen) atoms. The number of benzene rings is 1. The van der Waals surface area contributed by atoms with Gasteiger partial charge in [-0.1, -0.05) is 24.3 Å². The lowest BCUT2D eigenvalue weighted by Crippen LogP contribution is -2.33. The van der Waals surface area contributed by atoms with Crippen molar-refractivity contribution >= 4 is 39.4 Å². The largest absolute Gasteiger partial charge is 0.306 e. The van der Waals surface area contributed by atoms with Gasteiger partial charge in [0.2, 0.25) is 11.9 Å². The summed E-state index contributed by atoms with van der Waals surface area (Å²) in [6.45, 7) is 0.480. The third-order valence-corrected chi connectivity index (χ3v) is 5.72. The summed E-state index contributed by atoms with van der Waals surface area (Å²) < 4.78 is 0.613. The molecule has 150 valence electrons. The van der Waals surface area contributed by atoms with Gasteiger partial charge < -0.3 is 4.90 Å². The second kappa shape index (κ2) is 7.60. The number of amides is 2. The first-order valence-electron chi connectivity index (χ1n) is 9.81. The molecule has 0 unspecified atom stereocenters. The minimum Gasteiger partial charge on any atom is -0.306 e. The Bertz CT molecular complexity index is 1160. The van der Waals surface area contributed by atoms with Gasteiger partial charge in [0.05, 0.1) is 11.4 Å². The van der Waals surface area contributed by atoms with E-state index in [1.54, 1.807) is 29.3 Å². The Morgan fingerprint density at radius 2 is 1.90 bits per heavy atom. The lowest BCUT2D eigenvalue weighted by Gasteiger charge is -2.22. The van der Waals surface area contributed by atoms with E-state index in [1.807, 2.05) is 24.3 Å². The number of carbonyl (C=O) groups is 2. The summed E-state index contributed by atoms with van der Waals surface area (Å²) in [5, 5.41) is 2.81. The van der Waals surface area contributed by atoms with Gasteiger partial charge in [-0.05, 0) is 59.0 Å². The minimum absolute atomic E-state index is 0.0330. The van der Waals surface area contributed by atoms with Crippen LogP contribution in [0.5, 0.6) is 0 Å². The van der Waals surface area contributed by atoms with E-state index in [0.717, 1.165) is 35.3 Å². The summed E-state index contributed by atoms with van der Waals surface area (Å²) in [6, 6.07) is 12.9. The summed E-state index contributed by atoms with van der Waals surface area (Å²) in [7, 11) is 0. The van der Waals surface area contributed by atoms with Crippen LogP contribution < -0.4 is 10.2 Å². The number of carbonyl (C=O) groups excluding carboxylic acids is 2. The number of anilines is 2. The van der Waals surface area contributed by atoms with Crippen molar-refractivity contribution in [3.63, 3.8) is 0 Å². The average Bonchev–Trinajstić information content (AvgIpc) is 3.61. The number of pyridine rings is 1. The number of hydrogen-bond donors (Lipinski definition) is 1. The zero-order valence-corrected chi connectivity index (χ0v) is 17.6. The van der Waals surface area contributed by atoms with Gasteiger partial charge in [-0.25, -0.2) is 15.0 Å². The maximum Gasteiger partial charge on any atom is 0.276 e. The lowest BCUT2D eigenvalue weighted by atomic mass is 10.1. The summed E-state index contributed by atoms with van der Waals surface area (Å²) in [5.41, 5.74) is 3.64. The molecular weight excluding hydrogens is 446 g/mol. The van der Waals surface area contributed by atoms with E-state index in [0.29, 0.717) is 29.2 Å². The Morgan fingerprint density at radius 3 is 2.70 bits per heavy atom. The first kappa shape index (κ1) is 18.9. The monoisotopic (exact) mass is 463 g/mol. The molecule has 1 fully saturated rings. The van der Waals surface area contributed by atoms with Crippen molar-refractivity contribution < 1.29 is 9.59 Å². The Kier molecular flexibility index (Phi) is 4.78. The molecule has 1 N–H and O–H groups in total. The molecule has 0 spiro atoms. The van der Waals surface area contributed by atoms with Crippen LogP contribution in [0.15, 0.2) is 53.3 Å². The molecule has 3 aromatic rings. The normalized spacial score (nSPS) is 15.0. The third-order valence-electron chi connectivity index (χ3n) is 5.28. The summed E-state index contributed by atoms with van der Waals surface area (Å²) in [4.78, 5) is 40.4. The molecule has 5 rings (SSSR count). The number of para-hydroxylation sites is 1. The van der Waals surface area contributed by atoms with E-state index in [9.17, 15) is 9.59 Å². The fourth-order valence-electron chi connectivity index (χ4n) is 3.58. The number of aromatic nitrogens is 3. The molecule has 7 nitrogen and oxygen atoms in total. The van der Waals surface area contributed by atoms with Crippen LogP contribution in [0.3, 0.4) is 0 Å². The van der Waals surface area contributed by atoms with Gasteiger partial charge in [0.1, 0.15) is 10.3 Å². The molecule has 0 bridgehead atoms. The first-order valence-corrected chi connectivity index (χ1v) is 10.6. The van der Waals surface area contributed by atoms with Gasteiger partial charge >= 0.3 is 0 Å². The standard InChI is InChI=1S/C22H18BrN5O2/c23-18-7-3-5-16(25-18)21(30)28-11-10-14-12-24-22(27-20(29)13-8-9-13)26-19(14)15-4-1-2-6-17(15)28/h1-7,12-13H,8-11H2,(H,24,26,27,29). The highest BCUT2D eigenvalue weighted by Gasteiger charge is 2.31. The fourth-order valence-corrected chi connectivity index (χ4v) is 3.92. The molecule has 1 saturated carbocycles. The topological polar surface area (TPSA) is 88.1 Å². The number of fused-ring (bicyclic) bond motifs is 3. The molecule has 2 amide bonds. The Hall–Kier alpha value is -3.13.